The van der Waals surface area contributed by atoms with Gasteiger partial charge in [0.25, 0.3) is 5.91 Å². The summed E-state index contributed by atoms with van der Waals surface area (Å²) in [5, 5.41) is 4.98. The molecule has 2 aromatic carbocycles. The molecule has 0 aliphatic heterocycles. The molecule has 3 rings (SSSR count). The summed E-state index contributed by atoms with van der Waals surface area (Å²) in [5.41, 5.74) is 3.37. The predicted molar refractivity (Wildman–Crippen MR) is 88.5 cm³/mol. The van der Waals surface area contributed by atoms with Crippen molar-refractivity contribution < 1.29 is 14.5 Å². The van der Waals surface area contributed by atoms with Crippen LogP contribution in [-0.4, -0.2) is 11.9 Å². The van der Waals surface area contributed by atoms with E-state index in [0.29, 0.717) is 11.7 Å². The minimum absolute atomic E-state index is 0.0559. The largest absolute Gasteiger partial charge is 0.330 e. The molecule has 0 saturated heterocycles. The molecule has 1 aliphatic carbocycles. The van der Waals surface area contributed by atoms with Crippen LogP contribution in [0.1, 0.15) is 36.9 Å². The van der Waals surface area contributed by atoms with Gasteiger partial charge in [-0.05, 0) is 49.6 Å². The van der Waals surface area contributed by atoms with Gasteiger partial charge in [-0.2, -0.15) is 0 Å². The standard InChI is InChI=1S/C19H21FN2O/c1-13(19(23)22-16-11-9-15(20)10-12-16)21-18-8-4-6-14-5-2-3-7-17(14)18/h2-3,5,7,9-13,18,21H,4,6,8H2,1H3,(H,22,23)/p+1/t13-,18+/m0/s1. The van der Waals surface area contributed by atoms with Crippen molar-refractivity contribution >= 4 is 11.6 Å². The van der Waals surface area contributed by atoms with E-state index >= 15 is 0 Å². The summed E-state index contributed by atoms with van der Waals surface area (Å²) < 4.78 is 12.9. The van der Waals surface area contributed by atoms with Crippen molar-refractivity contribution in [2.24, 2.45) is 0 Å². The Labute approximate surface area is 135 Å². The topological polar surface area (TPSA) is 45.7 Å². The molecule has 0 radical (unpaired) electrons. The highest BCUT2D eigenvalue weighted by molar-refractivity contribution is 5.93. The van der Waals surface area contributed by atoms with Crippen LogP contribution in [-0.2, 0) is 11.2 Å². The van der Waals surface area contributed by atoms with E-state index in [-0.39, 0.29) is 17.8 Å². The van der Waals surface area contributed by atoms with Gasteiger partial charge in [0.1, 0.15) is 11.9 Å². The van der Waals surface area contributed by atoms with Gasteiger partial charge in [-0.15, -0.1) is 0 Å². The van der Waals surface area contributed by atoms with Crippen LogP contribution in [0.25, 0.3) is 0 Å². The van der Waals surface area contributed by atoms with Crippen LogP contribution < -0.4 is 10.6 Å². The molecule has 3 N–H and O–H groups in total. The molecule has 23 heavy (non-hydrogen) atoms. The van der Waals surface area contributed by atoms with Gasteiger partial charge >= 0.3 is 0 Å². The number of nitrogens with one attached hydrogen (secondary N) is 1. The van der Waals surface area contributed by atoms with Gasteiger partial charge in [-0.25, -0.2) is 4.39 Å². The number of benzene rings is 2. The Morgan fingerprint density at radius 1 is 1.22 bits per heavy atom. The average Bonchev–Trinajstić information content (AvgIpc) is 2.57. The highest BCUT2D eigenvalue weighted by atomic mass is 19.1. The lowest BCUT2D eigenvalue weighted by molar-refractivity contribution is -0.714. The average molecular weight is 313 g/mol. The van der Waals surface area contributed by atoms with Crippen molar-refractivity contribution in [1.29, 1.82) is 0 Å². The van der Waals surface area contributed by atoms with Gasteiger partial charge in [0.2, 0.25) is 0 Å². The first-order chi connectivity index (χ1) is 11.1. The van der Waals surface area contributed by atoms with Crippen LogP contribution in [0.15, 0.2) is 48.5 Å². The van der Waals surface area contributed by atoms with E-state index in [1.165, 1.54) is 23.3 Å². The molecule has 4 heteroatoms. The molecule has 3 nitrogen and oxygen atoms in total. The molecule has 0 unspecified atom stereocenters. The molecule has 0 saturated carbocycles. The quantitative estimate of drug-likeness (QED) is 0.896. The Balaban J connectivity index is 1.64. The lowest BCUT2D eigenvalue weighted by Gasteiger charge is -2.26. The molecule has 0 fully saturated rings. The Hall–Kier alpha value is -2.20. The first-order valence-electron chi connectivity index (χ1n) is 8.12. The highest BCUT2D eigenvalue weighted by Crippen LogP contribution is 2.26. The van der Waals surface area contributed by atoms with Crippen molar-refractivity contribution in [3.05, 3.63) is 65.5 Å². The number of halogens is 1. The normalized spacial score (nSPS) is 18.1. The van der Waals surface area contributed by atoms with Gasteiger partial charge in [0, 0.05) is 17.7 Å². The van der Waals surface area contributed by atoms with Crippen LogP contribution in [0.4, 0.5) is 10.1 Å². The number of carbonyl (C=O) groups is 1. The smallest absolute Gasteiger partial charge is 0.282 e. The second-order valence-corrected chi connectivity index (χ2v) is 6.17. The van der Waals surface area contributed by atoms with E-state index in [0.717, 1.165) is 19.3 Å². The summed E-state index contributed by atoms with van der Waals surface area (Å²) in [7, 11) is 0. The third-order valence-electron chi connectivity index (χ3n) is 4.46. The minimum Gasteiger partial charge on any atom is -0.330 e. The molecule has 2 atom stereocenters. The SMILES string of the molecule is C[C@H]([NH2+][C@@H]1CCCc2ccccc21)C(=O)Nc1ccc(F)cc1. The fourth-order valence-electron chi connectivity index (χ4n) is 3.22. The lowest BCUT2D eigenvalue weighted by Crippen LogP contribution is -2.92. The Kier molecular flexibility index (Phi) is 4.72. The zero-order valence-corrected chi connectivity index (χ0v) is 13.3. The lowest BCUT2D eigenvalue weighted by atomic mass is 9.87. The Bertz CT molecular complexity index is 684. The number of amides is 1. The minimum atomic E-state index is -0.304. The molecule has 2 aromatic rings. The van der Waals surface area contributed by atoms with Crippen LogP contribution in [0, 0.1) is 5.82 Å². The maximum atomic E-state index is 12.9. The number of carbonyl (C=O) groups excluding carboxylic acids is 1. The monoisotopic (exact) mass is 313 g/mol. The molecular formula is C19H22FN2O+. The second kappa shape index (κ2) is 6.92. The number of fused-ring (bicyclic) bond motifs is 1. The van der Waals surface area contributed by atoms with E-state index in [1.54, 1.807) is 12.1 Å². The number of nitrogens with two attached hydrogens (primary N) is 1. The van der Waals surface area contributed by atoms with E-state index in [1.807, 2.05) is 6.92 Å². The molecule has 0 aromatic heterocycles. The van der Waals surface area contributed by atoms with E-state index in [9.17, 15) is 9.18 Å². The molecule has 1 amide bonds. The molecule has 0 heterocycles. The van der Waals surface area contributed by atoms with Gasteiger partial charge in [0.05, 0.1) is 0 Å². The van der Waals surface area contributed by atoms with Gasteiger partial charge in [-0.1, -0.05) is 24.3 Å². The molecular weight excluding hydrogens is 291 g/mol. The number of quaternary nitrogens is 1. The molecule has 120 valence electrons. The summed E-state index contributed by atoms with van der Waals surface area (Å²) in [6.07, 6.45) is 3.37. The first kappa shape index (κ1) is 15.7. The zero-order chi connectivity index (χ0) is 16.2. The fraction of sp³-hybridized carbons (Fsp3) is 0.316. The van der Waals surface area contributed by atoms with Crippen LogP contribution in [0.5, 0.6) is 0 Å². The van der Waals surface area contributed by atoms with Gasteiger partial charge < -0.3 is 10.6 Å². The van der Waals surface area contributed by atoms with Crippen molar-refractivity contribution in [1.82, 2.24) is 0 Å². The zero-order valence-electron chi connectivity index (χ0n) is 13.3. The first-order valence-corrected chi connectivity index (χ1v) is 8.12. The van der Waals surface area contributed by atoms with Crippen molar-refractivity contribution in [3.8, 4) is 0 Å². The third kappa shape index (κ3) is 3.77. The maximum Gasteiger partial charge on any atom is 0.282 e. The molecule has 0 spiro atoms. The summed E-state index contributed by atoms with van der Waals surface area (Å²) in [6, 6.07) is 14.5. The van der Waals surface area contributed by atoms with Crippen molar-refractivity contribution in [2.75, 3.05) is 5.32 Å². The Morgan fingerprint density at radius 2 is 1.96 bits per heavy atom. The van der Waals surface area contributed by atoms with Crippen molar-refractivity contribution in [2.45, 2.75) is 38.3 Å². The van der Waals surface area contributed by atoms with E-state index in [4.69, 9.17) is 0 Å². The third-order valence-corrected chi connectivity index (χ3v) is 4.46. The maximum absolute atomic E-state index is 12.9. The Morgan fingerprint density at radius 3 is 2.74 bits per heavy atom. The van der Waals surface area contributed by atoms with Crippen molar-refractivity contribution in [3.63, 3.8) is 0 Å². The molecule has 0 bridgehead atoms. The van der Waals surface area contributed by atoms with Crippen LogP contribution in [0.3, 0.4) is 0 Å². The summed E-state index contributed by atoms with van der Waals surface area (Å²) in [6.45, 7) is 1.91. The molecule has 1 aliphatic rings. The predicted octanol–water partition coefficient (Wildman–Crippen LogP) is 2.79. The summed E-state index contributed by atoms with van der Waals surface area (Å²) in [4.78, 5) is 12.3. The number of aryl methyl sites for hydroxylation is 1. The van der Waals surface area contributed by atoms with Crippen LogP contribution in [0.2, 0.25) is 0 Å². The van der Waals surface area contributed by atoms with Gasteiger partial charge in [-0.3, -0.25) is 4.79 Å². The van der Waals surface area contributed by atoms with E-state index < -0.39 is 0 Å². The second-order valence-electron chi connectivity index (χ2n) is 6.17. The van der Waals surface area contributed by atoms with Gasteiger partial charge in [0.15, 0.2) is 6.04 Å². The van der Waals surface area contributed by atoms with Crippen LogP contribution >= 0.6 is 0 Å². The number of hydrogen-bond acceptors (Lipinski definition) is 1. The number of anilines is 1. The number of hydrogen-bond donors (Lipinski definition) is 2. The fourth-order valence-corrected chi connectivity index (χ4v) is 3.22. The van der Waals surface area contributed by atoms with E-state index in [2.05, 4.69) is 34.9 Å². The number of rotatable bonds is 4. The summed E-state index contributed by atoms with van der Waals surface area (Å²) in [5.74, 6) is -0.360. The highest BCUT2D eigenvalue weighted by Gasteiger charge is 2.27. The summed E-state index contributed by atoms with van der Waals surface area (Å²) >= 11 is 0.